The van der Waals surface area contributed by atoms with E-state index in [0.29, 0.717) is 18.1 Å². The maximum atomic E-state index is 13.9. The van der Waals surface area contributed by atoms with Crippen molar-refractivity contribution >= 4 is 5.91 Å². The first kappa shape index (κ1) is 16.7. The number of hydrogen-bond donors (Lipinski definition) is 1. The minimum absolute atomic E-state index is 0.0739. The predicted molar refractivity (Wildman–Crippen MR) is 84.7 cm³/mol. The first-order chi connectivity index (χ1) is 10.7. The van der Waals surface area contributed by atoms with Gasteiger partial charge in [-0.2, -0.15) is 0 Å². The predicted octanol–water partition coefficient (Wildman–Crippen LogP) is 2.69. The highest BCUT2D eigenvalue weighted by Crippen LogP contribution is 2.26. The van der Waals surface area contributed by atoms with Crippen molar-refractivity contribution in [1.29, 1.82) is 0 Å². The standard InChI is InChI=1S/C17H25FN2O2/c1-3-19-12-13-8-10-20(11-9-13)17(21)14-6-5-7-15(18)16(14)22-4-2/h5-7,13,19H,3-4,8-12H2,1-2H3. The van der Waals surface area contributed by atoms with Crippen LogP contribution in [0.5, 0.6) is 5.75 Å². The van der Waals surface area contributed by atoms with Crippen molar-refractivity contribution < 1.29 is 13.9 Å². The van der Waals surface area contributed by atoms with Crippen LogP contribution in [0.3, 0.4) is 0 Å². The van der Waals surface area contributed by atoms with E-state index in [-0.39, 0.29) is 11.7 Å². The van der Waals surface area contributed by atoms with Crippen molar-refractivity contribution in [2.24, 2.45) is 5.92 Å². The second-order valence-corrected chi connectivity index (χ2v) is 5.59. The van der Waals surface area contributed by atoms with Gasteiger partial charge in [-0.25, -0.2) is 4.39 Å². The maximum Gasteiger partial charge on any atom is 0.257 e. The Morgan fingerprint density at radius 1 is 1.36 bits per heavy atom. The van der Waals surface area contributed by atoms with E-state index < -0.39 is 5.82 Å². The first-order valence-electron chi connectivity index (χ1n) is 8.08. The molecule has 1 fully saturated rings. The molecule has 1 aromatic carbocycles. The number of nitrogens with zero attached hydrogens (tertiary/aromatic N) is 1. The minimum Gasteiger partial charge on any atom is -0.490 e. The summed E-state index contributed by atoms with van der Waals surface area (Å²) in [4.78, 5) is 14.4. The fourth-order valence-corrected chi connectivity index (χ4v) is 2.83. The van der Waals surface area contributed by atoms with Gasteiger partial charge < -0.3 is 15.0 Å². The molecule has 1 aromatic rings. The van der Waals surface area contributed by atoms with Gasteiger partial charge in [0.1, 0.15) is 0 Å². The van der Waals surface area contributed by atoms with E-state index in [1.807, 2.05) is 0 Å². The summed E-state index contributed by atoms with van der Waals surface area (Å²) in [6, 6.07) is 4.52. The molecule has 0 aliphatic carbocycles. The minimum atomic E-state index is -0.477. The van der Waals surface area contributed by atoms with Crippen LogP contribution >= 0.6 is 0 Å². The van der Waals surface area contributed by atoms with Crippen LogP contribution in [0.15, 0.2) is 18.2 Å². The van der Waals surface area contributed by atoms with Crippen LogP contribution < -0.4 is 10.1 Å². The van der Waals surface area contributed by atoms with Crippen LogP contribution in [0.25, 0.3) is 0 Å². The van der Waals surface area contributed by atoms with E-state index in [4.69, 9.17) is 4.74 Å². The van der Waals surface area contributed by atoms with Crippen molar-refractivity contribution in [1.82, 2.24) is 10.2 Å². The lowest BCUT2D eigenvalue weighted by atomic mass is 9.96. The molecule has 0 radical (unpaired) electrons. The van der Waals surface area contributed by atoms with Crippen molar-refractivity contribution in [3.8, 4) is 5.75 Å². The van der Waals surface area contributed by atoms with Gasteiger partial charge >= 0.3 is 0 Å². The van der Waals surface area contributed by atoms with E-state index in [9.17, 15) is 9.18 Å². The summed E-state index contributed by atoms with van der Waals surface area (Å²) >= 11 is 0. The SMILES string of the molecule is CCNCC1CCN(C(=O)c2cccc(F)c2OCC)CC1. The maximum absolute atomic E-state index is 13.9. The molecular formula is C17H25FN2O2. The summed E-state index contributed by atoms with van der Waals surface area (Å²) in [7, 11) is 0. The molecule has 1 saturated heterocycles. The summed E-state index contributed by atoms with van der Waals surface area (Å²) < 4.78 is 19.2. The number of benzene rings is 1. The number of carbonyl (C=O) groups is 1. The highest BCUT2D eigenvalue weighted by Gasteiger charge is 2.26. The Hall–Kier alpha value is -1.62. The van der Waals surface area contributed by atoms with Gasteiger partial charge in [0.25, 0.3) is 5.91 Å². The average molecular weight is 308 g/mol. The molecule has 1 N–H and O–H groups in total. The summed E-state index contributed by atoms with van der Waals surface area (Å²) in [5.41, 5.74) is 0.326. The van der Waals surface area contributed by atoms with Crippen LogP contribution in [-0.2, 0) is 0 Å². The highest BCUT2D eigenvalue weighted by atomic mass is 19.1. The molecule has 2 rings (SSSR count). The molecule has 0 atom stereocenters. The number of ether oxygens (including phenoxy) is 1. The number of carbonyl (C=O) groups excluding carboxylic acids is 1. The third-order valence-electron chi connectivity index (χ3n) is 4.07. The van der Waals surface area contributed by atoms with Gasteiger partial charge in [-0.1, -0.05) is 13.0 Å². The number of piperidine rings is 1. The zero-order valence-corrected chi connectivity index (χ0v) is 13.4. The van der Waals surface area contributed by atoms with E-state index in [0.717, 1.165) is 39.0 Å². The lowest BCUT2D eigenvalue weighted by molar-refractivity contribution is 0.0685. The summed E-state index contributed by atoms with van der Waals surface area (Å²) in [5.74, 6) is 0.0761. The molecule has 0 spiro atoms. The van der Waals surface area contributed by atoms with Crippen molar-refractivity contribution in [3.05, 3.63) is 29.6 Å². The molecule has 5 heteroatoms. The molecule has 0 unspecified atom stereocenters. The molecule has 0 bridgehead atoms. The Morgan fingerprint density at radius 2 is 2.09 bits per heavy atom. The molecule has 1 heterocycles. The summed E-state index contributed by atoms with van der Waals surface area (Å²) in [5, 5.41) is 3.35. The number of amides is 1. The van der Waals surface area contributed by atoms with Gasteiger partial charge in [0.2, 0.25) is 0 Å². The number of rotatable bonds is 6. The van der Waals surface area contributed by atoms with Gasteiger partial charge in [-0.3, -0.25) is 4.79 Å². The number of nitrogens with one attached hydrogen (secondary N) is 1. The number of para-hydroxylation sites is 1. The molecule has 0 aromatic heterocycles. The Balaban J connectivity index is 2.02. The summed E-state index contributed by atoms with van der Waals surface area (Å²) in [6.45, 7) is 7.63. The zero-order chi connectivity index (χ0) is 15.9. The molecule has 1 amide bonds. The van der Waals surface area contributed by atoms with Crippen molar-refractivity contribution in [2.45, 2.75) is 26.7 Å². The Kier molecular flexibility index (Phi) is 6.19. The fourth-order valence-electron chi connectivity index (χ4n) is 2.83. The zero-order valence-electron chi connectivity index (χ0n) is 13.4. The number of halogens is 1. The number of hydrogen-bond acceptors (Lipinski definition) is 3. The lowest BCUT2D eigenvalue weighted by Gasteiger charge is -2.32. The quantitative estimate of drug-likeness (QED) is 0.878. The molecule has 0 saturated carbocycles. The van der Waals surface area contributed by atoms with Gasteiger partial charge in [0.05, 0.1) is 12.2 Å². The van der Waals surface area contributed by atoms with Crippen LogP contribution in [0.1, 0.15) is 37.0 Å². The van der Waals surface area contributed by atoms with E-state index in [2.05, 4.69) is 12.2 Å². The second kappa shape index (κ2) is 8.13. The Bertz CT molecular complexity index is 499. The lowest BCUT2D eigenvalue weighted by Crippen LogP contribution is -2.41. The molecule has 1 aliphatic heterocycles. The first-order valence-corrected chi connectivity index (χ1v) is 8.08. The Labute approximate surface area is 131 Å². The van der Waals surface area contributed by atoms with Crippen molar-refractivity contribution in [3.63, 3.8) is 0 Å². The van der Waals surface area contributed by atoms with E-state index in [1.54, 1.807) is 24.0 Å². The summed E-state index contributed by atoms with van der Waals surface area (Å²) in [6.07, 6.45) is 1.97. The largest absolute Gasteiger partial charge is 0.490 e. The fraction of sp³-hybridized carbons (Fsp3) is 0.588. The third kappa shape index (κ3) is 3.97. The molecular weight excluding hydrogens is 283 g/mol. The Morgan fingerprint density at radius 3 is 2.73 bits per heavy atom. The average Bonchev–Trinajstić information content (AvgIpc) is 2.55. The van der Waals surface area contributed by atoms with Gasteiger partial charge in [0.15, 0.2) is 11.6 Å². The second-order valence-electron chi connectivity index (χ2n) is 5.59. The molecule has 122 valence electrons. The van der Waals surface area contributed by atoms with E-state index >= 15 is 0 Å². The highest BCUT2D eigenvalue weighted by molar-refractivity contribution is 5.97. The van der Waals surface area contributed by atoms with Gasteiger partial charge in [-0.15, -0.1) is 0 Å². The monoisotopic (exact) mass is 308 g/mol. The topological polar surface area (TPSA) is 41.6 Å². The third-order valence-corrected chi connectivity index (χ3v) is 4.07. The van der Waals surface area contributed by atoms with Gasteiger partial charge in [-0.05, 0) is 50.9 Å². The molecule has 22 heavy (non-hydrogen) atoms. The van der Waals surface area contributed by atoms with Crippen molar-refractivity contribution in [2.75, 3.05) is 32.8 Å². The smallest absolute Gasteiger partial charge is 0.257 e. The van der Waals surface area contributed by atoms with Crippen LogP contribution in [-0.4, -0.2) is 43.6 Å². The van der Waals surface area contributed by atoms with Crippen LogP contribution in [0.2, 0.25) is 0 Å². The molecule has 4 nitrogen and oxygen atoms in total. The molecule has 1 aliphatic rings. The van der Waals surface area contributed by atoms with Crippen LogP contribution in [0, 0.1) is 11.7 Å². The van der Waals surface area contributed by atoms with E-state index in [1.165, 1.54) is 6.07 Å². The number of likely N-dealkylation sites (tertiary alicyclic amines) is 1. The van der Waals surface area contributed by atoms with Crippen LogP contribution in [0.4, 0.5) is 4.39 Å². The normalized spacial score (nSPS) is 15.9. The van der Waals surface area contributed by atoms with Gasteiger partial charge in [0, 0.05) is 13.1 Å².